The summed E-state index contributed by atoms with van der Waals surface area (Å²) in [6, 6.07) is 16.4. The van der Waals surface area contributed by atoms with E-state index in [0.29, 0.717) is 16.8 Å². The summed E-state index contributed by atoms with van der Waals surface area (Å²) in [7, 11) is 0. The number of nitrogens with zero attached hydrogens (tertiary/aromatic N) is 2. The van der Waals surface area contributed by atoms with Crippen LogP contribution in [-0.2, 0) is 0 Å². The number of hydrogen-bond acceptors (Lipinski definition) is 4. The van der Waals surface area contributed by atoms with Gasteiger partial charge in [-0.25, -0.2) is 0 Å². The molecule has 0 saturated heterocycles. The molecule has 1 heterocycles. The molecule has 0 N–H and O–H groups in total. The maximum Gasteiger partial charge on any atom is 0.193 e. The van der Waals surface area contributed by atoms with Gasteiger partial charge in [-0.3, -0.25) is 4.79 Å². The van der Waals surface area contributed by atoms with Crippen molar-refractivity contribution in [2.24, 2.45) is 0 Å². The van der Waals surface area contributed by atoms with Gasteiger partial charge in [0, 0.05) is 22.0 Å². The predicted molar refractivity (Wildman–Crippen MR) is 69.6 cm³/mol. The summed E-state index contributed by atoms with van der Waals surface area (Å²) in [5, 5.41) is 7.25. The molecule has 0 fully saturated rings. The number of hydrogen-bond donors (Lipinski definition) is 0. The van der Waals surface area contributed by atoms with Crippen LogP contribution in [-0.4, -0.2) is 16.2 Å². The molecule has 0 amide bonds. The van der Waals surface area contributed by atoms with Crippen molar-refractivity contribution in [3.63, 3.8) is 0 Å². The van der Waals surface area contributed by atoms with Crippen LogP contribution < -0.4 is 0 Å². The van der Waals surface area contributed by atoms with Gasteiger partial charge in [-0.2, -0.15) is 0 Å². The number of carbonyl (C=O) groups is 1. The fraction of sp³-hybridized carbons (Fsp3) is 0. The molecular weight excluding hydrogens is 240 g/mol. The molecule has 0 atom stereocenters. The number of ketones is 1. The van der Waals surface area contributed by atoms with Crippen molar-refractivity contribution in [3.05, 3.63) is 72.0 Å². The molecule has 0 bridgehead atoms. The molecule has 19 heavy (non-hydrogen) atoms. The molecule has 3 rings (SSSR count). The van der Waals surface area contributed by atoms with Crippen LogP contribution in [0.25, 0.3) is 11.3 Å². The van der Waals surface area contributed by atoms with Crippen LogP contribution in [0.15, 0.2) is 65.4 Å². The number of benzene rings is 2. The molecule has 0 radical (unpaired) electrons. The third-order valence-electron chi connectivity index (χ3n) is 2.82. The van der Waals surface area contributed by atoms with Crippen LogP contribution in [0.4, 0.5) is 0 Å². The largest absolute Gasteiger partial charge is 0.345 e. The first-order valence-electron chi connectivity index (χ1n) is 5.82. The predicted octanol–water partition coefficient (Wildman–Crippen LogP) is 2.97. The fourth-order valence-corrected chi connectivity index (χ4v) is 1.87. The first kappa shape index (κ1) is 11.3. The lowest BCUT2D eigenvalue weighted by Gasteiger charge is -2.02. The van der Waals surface area contributed by atoms with Crippen molar-refractivity contribution < 1.29 is 9.32 Å². The lowest BCUT2D eigenvalue weighted by Crippen LogP contribution is -2.00. The first-order chi connectivity index (χ1) is 9.34. The monoisotopic (exact) mass is 250 g/mol. The second-order valence-electron chi connectivity index (χ2n) is 4.07. The molecule has 0 aliphatic heterocycles. The van der Waals surface area contributed by atoms with Crippen molar-refractivity contribution in [2.45, 2.75) is 0 Å². The SMILES string of the molecule is O=C(c1ccccc1)c1cccc(-c2conn2)c1. The lowest BCUT2D eigenvalue weighted by molar-refractivity contribution is 0.103. The van der Waals surface area contributed by atoms with Gasteiger partial charge in [0.25, 0.3) is 0 Å². The highest BCUT2D eigenvalue weighted by atomic mass is 16.5. The normalized spacial score (nSPS) is 10.3. The van der Waals surface area contributed by atoms with E-state index in [1.165, 1.54) is 6.26 Å². The van der Waals surface area contributed by atoms with Crippen molar-refractivity contribution in [3.8, 4) is 11.3 Å². The van der Waals surface area contributed by atoms with Gasteiger partial charge in [0.1, 0.15) is 5.69 Å². The zero-order chi connectivity index (χ0) is 13.1. The van der Waals surface area contributed by atoms with Crippen molar-refractivity contribution >= 4 is 5.78 Å². The molecule has 92 valence electrons. The molecular formula is C15H10N2O2. The van der Waals surface area contributed by atoms with E-state index in [9.17, 15) is 4.79 Å². The van der Waals surface area contributed by atoms with Crippen LogP contribution in [0.2, 0.25) is 0 Å². The van der Waals surface area contributed by atoms with E-state index in [-0.39, 0.29) is 5.78 Å². The summed E-state index contributed by atoms with van der Waals surface area (Å²) in [5.74, 6) is -0.0149. The van der Waals surface area contributed by atoms with Gasteiger partial charge < -0.3 is 4.52 Å². The Morgan fingerprint density at radius 2 is 1.74 bits per heavy atom. The molecule has 0 spiro atoms. The number of rotatable bonds is 3. The molecule has 0 aliphatic rings. The summed E-state index contributed by atoms with van der Waals surface area (Å²) in [4.78, 5) is 12.3. The highest BCUT2D eigenvalue weighted by molar-refractivity contribution is 6.09. The van der Waals surface area contributed by atoms with Gasteiger partial charge >= 0.3 is 0 Å². The third kappa shape index (κ3) is 2.28. The van der Waals surface area contributed by atoms with Gasteiger partial charge in [0.05, 0.1) is 0 Å². The van der Waals surface area contributed by atoms with E-state index in [2.05, 4.69) is 10.4 Å². The molecule has 3 aromatic rings. The molecule has 4 nitrogen and oxygen atoms in total. The molecule has 1 aromatic heterocycles. The Labute approximate surface area is 109 Å². The number of aromatic nitrogens is 2. The van der Waals surface area contributed by atoms with Crippen LogP contribution in [0.5, 0.6) is 0 Å². The van der Waals surface area contributed by atoms with Crippen LogP contribution in [0.3, 0.4) is 0 Å². The quantitative estimate of drug-likeness (QED) is 0.670. The van der Waals surface area contributed by atoms with Gasteiger partial charge in [-0.1, -0.05) is 48.5 Å². The Hall–Kier alpha value is -2.75. The third-order valence-corrected chi connectivity index (χ3v) is 2.82. The van der Waals surface area contributed by atoms with E-state index < -0.39 is 0 Å². The van der Waals surface area contributed by atoms with E-state index in [1.54, 1.807) is 24.3 Å². The summed E-state index contributed by atoms with van der Waals surface area (Å²) in [6.07, 6.45) is 1.45. The van der Waals surface area contributed by atoms with Gasteiger partial charge in [0.2, 0.25) is 0 Å². The smallest absolute Gasteiger partial charge is 0.193 e. The zero-order valence-corrected chi connectivity index (χ0v) is 9.98. The van der Waals surface area contributed by atoms with E-state index in [0.717, 1.165) is 5.56 Å². The van der Waals surface area contributed by atoms with Gasteiger partial charge in [0.15, 0.2) is 12.0 Å². The summed E-state index contributed by atoms with van der Waals surface area (Å²) < 4.78 is 4.71. The van der Waals surface area contributed by atoms with Crippen molar-refractivity contribution in [2.75, 3.05) is 0 Å². The molecule has 2 aromatic carbocycles. The van der Waals surface area contributed by atoms with E-state index in [4.69, 9.17) is 4.52 Å². The van der Waals surface area contributed by atoms with Crippen molar-refractivity contribution in [1.29, 1.82) is 0 Å². The maximum atomic E-state index is 12.3. The summed E-state index contributed by atoms with van der Waals surface area (Å²) in [6.45, 7) is 0. The minimum absolute atomic E-state index is 0.0149. The lowest BCUT2D eigenvalue weighted by atomic mass is 10.0. The number of carbonyl (C=O) groups excluding carboxylic acids is 1. The van der Waals surface area contributed by atoms with E-state index in [1.807, 2.05) is 30.3 Å². The summed E-state index contributed by atoms with van der Waals surface area (Å²) in [5.41, 5.74) is 2.70. The average molecular weight is 250 g/mol. The summed E-state index contributed by atoms with van der Waals surface area (Å²) >= 11 is 0. The first-order valence-corrected chi connectivity index (χ1v) is 5.82. The maximum absolute atomic E-state index is 12.3. The van der Waals surface area contributed by atoms with Crippen LogP contribution in [0, 0.1) is 0 Å². The van der Waals surface area contributed by atoms with Crippen molar-refractivity contribution in [1.82, 2.24) is 10.4 Å². The fourth-order valence-electron chi connectivity index (χ4n) is 1.87. The van der Waals surface area contributed by atoms with Gasteiger partial charge in [-0.15, -0.1) is 5.10 Å². The van der Waals surface area contributed by atoms with E-state index >= 15 is 0 Å². The molecule has 4 heteroatoms. The second-order valence-corrected chi connectivity index (χ2v) is 4.07. The Kier molecular flexibility index (Phi) is 2.90. The Morgan fingerprint density at radius 1 is 0.947 bits per heavy atom. The minimum Gasteiger partial charge on any atom is -0.345 e. The Bertz CT molecular complexity index is 691. The zero-order valence-electron chi connectivity index (χ0n) is 9.98. The molecule has 0 unspecified atom stereocenters. The highest BCUT2D eigenvalue weighted by Gasteiger charge is 2.10. The Morgan fingerprint density at radius 3 is 2.47 bits per heavy atom. The highest BCUT2D eigenvalue weighted by Crippen LogP contribution is 2.19. The minimum atomic E-state index is -0.0149. The standard InChI is InChI=1S/C15H10N2O2/c18-15(11-5-2-1-3-6-11)13-8-4-7-12(9-13)14-10-19-17-16-14/h1-10H. The Balaban J connectivity index is 1.98. The van der Waals surface area contributed by atoms with Crippen LogP contribution in [0.1, 0.15) is 15.9 Å². The van der Waals surface area contributed by atoms with Gasteiger partial charge in [-0.05, 0) is 6.07 Å². The molecule has 0 saturated carbocycles. The van der Waals surface area contributed by atoms with Crippen LogP contribution >= 0.6 is 0 Å². The topological polar surface area (TPSA) is 56.0 Å². The molecule has 0 aliphatic carbocycles. The second kappa shape index (κ2) is 4.86. The average Bonchev–Trinajstić information content (AvgIpc) is 3.02.